The van der Waals surface area contributed by atoms with E-state index in [-0.39, 0.29) is 12.5 Å². The number of aryl methyl sites for hydroxylation is 1. The van der Waals surface area contributed by atoms with Crippen molar-refractivity contribution in [2.24, 2.45) is 5.92 Å². The van der Waals surface area contributed by atoms with E-state index in [1.807, 2.05) is 17.0 Å². The Hall–Kier alpha value is -2.28. The summed E-state index contributed by atoms with van der Waals surface area (Å²) in [6.07, 6.45) is 7.28. The van der Waals surface area contributed by atoms with Crippen LogP contribution in [0.4, 0.5) is 0 Å². The van der Waals surface area contributed by atoms with Crippen molar-refractivity contribution in [2.75, 3.05) is 26.8 Å². The van der Waals surface area contributed by atoms with Crippen molar-refractivity contribution in [2.45, 2.75) is 25.7 Å². The monoisotopic (exact) mass is 330 g/mol. The smallest absolute Gasteiger partial charge is 0.259 e. The van der Waals surface area contributed by atoms with Gasteiger partial charge in [0.25, 0.3) is 5.89 Å². The van der Waals surface area contributed by atoms with E-state index >= 15 is 0 Å². The third kappa shape index (κ3) is 4.17. The fourth-order valence-electron chi connectivity index (χ4n) is 3.04. The highest BCUT2D eigenvalue weighted by Gasteiger charge is 2.23. The summed E-state index contributed by atoms with van der Waals surface area (Å²) in [6, 6.07) is 3.73. The van der Waals surface area contributed by atoms with E-state index in [9.17, 15) is 4.79 Å². The number of likely N-dealkylation sites (tertiary alicyclic amines) is 1. The van der Waals surface area contributed by atoms with Gasteiger partial charge in [-0.2, -0.15) is 4.98 Å². The minimum Gasteiger partial charge on any atom is -0.375 e. The number of hydrogen-bond donors (Lipinski definition) is 0. The number of hydrogen-bond acceptors (Lipinski definition) is 6. The van der Waals surface area contributed by atoms with Crippen LogP contribution < -0.4 is 0 Å². The number of methoxy groups -OCH3 is 1. The van der Waals surface area contributed by atoms with Gasteiger partial charge in [0.2, 0.25) is 5.91 Å². The fourth-order valence-corrected chi connectivity index (χ4v) is 3.04. The Kier molecular flexibility index (Phi) is 5.53. The molecule has 1 saturated heterocycles. The number of carbonyl (C=O) groups is 1. The van der Waals surface area contributed by atoms with E-state index in [0.717, 1.165) is 44.3 Å². The molecule has 1 amide bonds. The van der Waals surface area contributed by atoms with Crippen LogP contribution in [0.5, 0.6) is 0 Å². The van der Waals surface area contributed by atoms with Crippen molar-refractivity contribution in [3.05, 3.63) is 30.4 Å². The lowest BCUT2D eigenvalue weighted by Gasteiger charge is -2.32. The molecule has 0 spiro atoms. The number of rotatable bonds is 6. The van der Waals surface area contributed by atoms with E-state index in [0.29, 0.717) is 17.6 Å². The number of ether oxygens (including phenoxy) is 1. The van der Waals surface area contributed by atoms with E-state index in [1.165, 1.54) is 0 Å². The topological polar surface area (TPSA) is 81.4 Å². The van der Waals surface area contributed by atoms with E-state index in [4.69, 9.17) is 9.26 Å². The second-order valence-corrected chi connectivity index (χ2v) is 6.08. The van der Waals surface area contributed by atoms with Gasteiger partial charge in [0.15, 0.2) is 5.82 Å². The molecule has 1 atom stereocenters. The van der Waals surface area contributed by atoms with E-state index < -0.39 is 0 Å². The van der Waals surface area contributed by atoms with Crippen LogP contribution in [-0.4, -0.2) is 52.7 Å². The first-order valence-electron chi connectivity index (χ1n) is 8.26. The molecule has 2 aromatic heterocycles. The lowest BCUT2D eigenvalue weighted by molar-refractivity contribution is -0.137. The summed E-state index contributed by atoms with van der Waals surface area (Å²) in [5.41, 5.74) is 0.824. The van der Waals surface area contributed by atoms with Gasteiger partial charge in [-0.25, -0.2) is 0 Å². The normalized spacial score (nSPS) is 17.9. The number of pyridine rings is 1. The van der Waals surface area contributed by atoms with E-state index in [2.05, 4.69) is 15.1 Å². The minimum absolute atomic E-state index is 0.0700. The van der Waals surface area contributed by atoms with Crippen LogP contribution in [0.1, 0.15) is 25.1 Å². The van der Waals surface area contributed by atoms with Gasteiger partial charge in [0.05, 0.1) is 5.56 Å². The van der Waals surface area contributed by atoms with Gasteiger partial charge in [-0.05, 0) is 37.3 Å². The number of amides is 1. The molecule has 3 heterocycles. The molecule has 7 nitrogen and oxygen atoms in total. The van der Waals surface area contributed by atoms with E-state index in [1.54, 1.807) is 19.5 Å². The second kappa shape index (κ2) is 8.01. The Morgan fingerprint density at radius 3 is 3.21 bits per heavy atom. The quantitative estimate of drug-likeness (QED) is 0.805. The zero-order valence-corrected chi connectivity index (χ0v) is 13.9. The maximum Gasteiger partial charge on any atom is 0.259 e. The van der Waals surface area contributed by atoms with Crippen molar-refractivity contribution in [3.63, 3.8) is 0 Å². The summed E-state index contributed by atoms with van der Waals surface area (Å²) in [5.74, 6) is 1.74. The van der Waals surface area contributed by atoms with Crippen molar-refractivity contribution >= 4 is 5.91 Å². The number of nitrogens with zero attached hydrogens (tertiary/aromatic N) is 4. The van der Waals surface area contributed by atoms with Crippen LogP contribution in [0.2, 0.25) is 0 Å². The average Bonchev–Trinajstić information content (AvgIpc) is 3.10. The second-order valence-electron chi connectivity index (χ2n) is 6.08. The molecule has 0 radical (unpaired) electrons. The van der Waals surface area contributed by atoms with Crippen LogP contribution in [0, 0.1) is 5.92 Å². The Bertz CT molecular complexity index is 659. The summed E-state index contributed by atoms with van der Waals surface area (Å²) in [4.78, 5) is 22.3. The summed E-state index contributed by atoms with van der Waals surface area (Å²) in [7, 11) is 1.55. The van der Waals surface area contributed by atoms with Crippen LogP contribution in [0.3, 0.4) is 0 Å². The predicted molar refractivity (Wildman–Crippen MR) is 87.0 cm³/mol. The molecule has 0 aromatic carbocycles. The van der Waals surface area contributed by atoms with Crippen LogP contribution in [0.25, 0.3) is 11.5 Å². The molecule has 1 aliphatic rings. The van der Waals surface area contributed by atoms with Crippen molar-refractivity contribution in [1.29, 1.82) is 0 Å². The maximum absolute atomic E-state index is 11.9. The molecule has 0 bridgehead atoms. The lowest BCUT2D eigenvalue weighted by Crippen LogP contribution is -2.41. The summed E-state index contributed by atoms with van der Waals surface area (Å²) in [5, 5.41) is 4.05. The highest BCUT2D eigenvalue weighted by Crippen LogP contribution is 2.22. The fraction of sp³-hybridized carbons (Fsp3) is 0.529. The zero-order chi connectivity index (χ0) is 16.8. The van der Waals surface area contributed by atoms with Crippen LogP contribution in [0.15, 0.2) is 29.0 Å². The molecular weight excluding hydrogens is 308 g/mol. The number of carbonyl (C=O) groups excluding carboxylic acids is 1. The number of aromatic nitrogens is 3. The standard InChI is InChI=1S/C17H22N4O3/c1-23-12-16(22)21-9-3-4-13(11-21)6-7-15-19-17(24-20-15)14-5-2-8-18-10-14/h2,5,8,10,13H,3-4,6-7,9,11-12H2,1H3. The first-order valence-corrected chi connectivity index (χ1v) is 8.26. The summed E-state index contributed by atoms with van der Waals surface area (Å²) in [6.45, 7) is 1.77. The first kappa shape index (κ1) is 16.6. The van der Waals surface area contributed by atoms with Gasteiger partial charge in [-0.15, -0.1) is 0 Å². The predicted octanol–water partition coefficient (Wildman–Crippen LogP) is 1.95. The van der Waals surface area contributed by atoms with Gasteiger partial charge in [-0.1, -0.05) is 5.16 Å². The molecule has 7 heteroatoms. The SMILES string of the molecule is COCC(=O)N1CCCC(CCc2noc(-c3cccnc3)n2)C1. The van der Waals surface area contributed by atoms with Crippen LogP contribution in [-0.2, 0) is 16.0 Å². The van der Waals surface area contributed by atoms with Crippen molar-refractivity contribution < 1.29 is 14.1 Å². The van der Waals surface area contributed by atoms with Crippen molar-refractivity contribution in [1.82, 2.24) is 20.0 Å². The number of piperidine rings is 1. The maximum atomic E-state index is 11.9. The molecule has 2 aromatic rings. The molecule has 0 aliphatic carbocycles. The van der Waals surface area contributed by atoms with Gasteiger partial charge in [0.1, 0.15) is 6.61 Å². The molecule has 3 rings (SSSR count). The highest BCUT2D eigenvalue weighted by molar-refractivity contribution is 5.77. The zero-order valence-electron chi connectivity index (χ0n) is 13.9. The molecule has 0 saturated carbocycles. The van der Waals surface area contributed by atoms with Crippen molar-refractivity contribution in [3.8, 4) is 11.5 Å². The molecular formula is C17H22N4O3. The van der Waals surface area contributed by atoms with Gasteiger partial charge in [-0.3, -0.25) is 9.78 Å². The van der Waals surface area contributed by atoms with Gasteiger partial charge < -0.3 is 14.2 Å². The summed E-state index contributed by atoms with van der Waals surface area (Å²) < 4.78 is 10.2. The summed E-state index contributed by atoms with van der Waals surface area (Å²) >= 11 is 0. The third-order valence-corrected chi connectivity index (χ3v) is 4.29. The van der Waals surface area contributed by atoms with Gasteiger partial charge in [0, 0.05) is 39.0 Å². The molecule has 1 unspecified atom stereocenters. The third-order valence-electron chi connectivity index (χ3n) is 4.29. The Balaban J connectivity index is 1.52. The molecule has 1 fully saturated rings. The van der Waals surface area contributed by atoms with Crippen LogP contribution >= 0.6 is 0 Å². The molecule has 128 valence electrons. The Morgan fingerprint density at radius 1 is 1.50 bits per heavy atom. The lowest BCUT2D eigenvalue weighted by atomic mass is 9.93. The largest absolute Gasteiger partial charge is 0.375 e. The Labute approximate surface area is 141 Å². The minimum atomic E-state index is 0.0700. The average molecular weight is 330 g/mol. The molecule has 0 N–H and O–H groups in total. The Morgan fingerprint density at radius 2 is 2.42 bits per heavy atom. The highest BCUT2D eigenvalue weighted by atomic mass is 16.5. The molecule has 24 heavy (non-hydrogen) atoms. The van der Waals surface area contributed by atoms with Gasteiger partial charge >= 0.3 is 0 Å². The molecule has 1 aliphatic heterocycles. The first-order chi connectivity index (χ1) is 11.8.